The van der Waals surface area contributed by atoms with E-state index in [0.29, 0.717) is 0 Å². The summed E-state index contributed by atoms with van der Waals surface area (Å²) in [6, 6.07) is 0. The van der Waals surface area contributed by atoms with Crippen LogP contribution < -0.4 is 0 Å². The summed E-state index contributed by atoms with van der Waals surface area (Å²) < 4.78 is 0. The van der Waals surface area contributed by atoms with Crippen LogP contribution in [-0.4, -0.2) is 95.1 Å². The van der Waals surface area contributed by atoms with Gasteiger partial charge in [0.2, 0.25) is 0 Å². The van der Waals surface area contributed by atoms with Crippen molar-refractivity contribution in [2.75, 3.05) is 0 Å². The molecule has 58 valence electrons. The van der Waals surface area contributed by atoms with Crippen molar-refractivity contribution < 1.29 is 30.0 Å². The summed E-state index contributed by atoms with van der Waals surface area (Å²) in [4.78, 5) is 17.1. The number of hydrogen-bond acceptors (Lipinski definition) is 2. The Morgan fingerprint density at radius 1 is 0.800 bits per heavy atom. The van der Waals surface area contributed by atoms with Gasteiger partial charge in [0.25, 0.3) is 0 Å². The Balaban J connectivity index is -0.0000000300. The van der Waals surface area contributed by atoms with Crippen LogP contribution in [0.3, 0.4) is 0 Å². The minimum Gasteiger partial charge on any atom is -0.0149 e. The van der Waals surface area contributed by atoms with Crippen molar-refractivity contribution >= 4 is 74.7 Å². The molecule has 0 aromatic rings. The molecule has 0 aliphatic heterocycles. The minimum absolute atomic E-state index is 0. The van der Waals surface area contributed by atoms with Crippen LogP contribution in [0.4, 0.5) is 9.59 Å². The van der Waals surface area contributed by atoms with E-state index in [1.54, 1.807) is 0 Å². The van der Waals surface area contributed by atoms with Gasteiger partial charge in [0.1, 0.15) is 0 Å². The van der Waals surface area contributed by atoms with Gasteiger partial charge in [-0.25, -0.2) is 9.59 Å². The molecule has 8 heteroatoms. The first-order valence-corrected chi connectivity index (χ1v) is 1.30. The molecule has 0 aliphatic rings. The molecule has 4 N–H and O–H groups in total. The zero-order chi connectivity index (χ0) is 7.15. The fourth-order valence-corrected chi connectivity index (χ4v) is 0. The maximum atomic E-state index is 8.56. The third-order valence-electron chi connectivity index (χ3n) is 0. The van der Waals surface area contributed by atoms with Gasteiger partial charge >= 0.3 is 63.7 Å². The molecule has 0 aromatic carbocycles. The Hall–Kier alpha value is 0.393. The molecule has 0 bridgehead atoms. The number of carbonyl (C=O) groups is 2. The number of rotatable bonds is 0. The maximum absolute atomic E-state index is 8.56. The molecule has 0 rings (SSSR count). The first kappa shape index (κ1) is 22.4. The van der Waals surface area contributed by atoms with Gasteiger partial charge in [0, 0.05) is 0 Å². The zero-order valence-corrected chi connectivity index (χ0v) is 3.61. The molecular weight excluding hydrogens is 187 g/mol. The average Bonchev–Trinajstić information content (AvgIpc) is 1.25. The predicted molar refractivity (Wildman–Crippen MR) is 39.8 cm³/mol. The second kappa shape index (κ2) is 16.2. The molecule has 0 spiro atoms. The standard InChI is InChI=1S/2CH2O3.K.H4Si.H/c2*2-1(3)4;;;/h2*(H2,2,3,4);;1H4;. The summed E-state index contributed by atoms with van der Waals surface area (Å²) in [5, 5.41) is 27.9. The molecule has 0 atom stereocenters. The van der Waals surface area contributed by atoms with Crippen LogP contribution in [-0.2, 0) is 0 Å². The molecule has 6 nitrogen and oxygen atoms in total. The third-order valence-corrected chi connectivity index (χ3v) is 0. The van der Waals surface area contributed by atoms with Gasteiger partial charge in [-0.3, -0.25) is 0 Å². The quantitative estimate of drug-likeness (QED) is 0.345. The molecule has 10 heavy (non-hydrogen) atoms. The largest absolute Gasteiger partial charge is 0.0149 e. The Morgan fingerprint density at radius 2 is 0.800 bits per heavy atom. The fraction of sp³-hybridized carbons (Fsp3) is 0. The molecular formula is C2H9KO6Si. The molecule has 0 fully saturated rings. The molecule has 0 aliphatic carbocycles. The van der Waals surface area contributed by atoms with Crippen LogP contribution in [0.2, 0.25) is 0 Å². The molecule has 0 amide bonds. The van der Waals surface area contributed by atoms with Gasteiger partial charge in [0.15, 0.2) is 0 Å². The normalized spacial score (nSPS) is 4.80. The Labute approximate surface area is 103 Å². The van der Waals surface area contributed by atoms with Crippen molar-refractivity contribution in [2.45, 2.75) is 0 Å². The van der Waals surface area contributed by atoms with Gasteiger partial charge in [-0.15, -0.1) is 0 Å². The minimum atomic E-state index is -1.83. The first-order valence-electron chi connectivity index (χ1n) is 1.30. The Bertz CT molecular complexity index is 73.7. The first-order chi connectivity index (χ1) is 3.46. The summed E-state index contributed by atoms with van der Waals surface area (Å²) >= 11 is 0. The van der Waals surface area contributed by atoms with Crippen molar-refractivity contribution in [3.05, 3.63) is 0 Å². The van der Waals surface area contributed by atoms with Crippen LogP contribution >= 0.6 is 0 Å². The summed E-state index contributed by atoms with van der Waals surface area (Å²) in [6.45, 7) is 0. The predicted octanol–water partition coefficient (Wildman–Crippen LogP) is -1.66. The van der Waals surface area contributed by atoms with Gasteiger partial charge in [-0.05, 0) is 11.0 Å². The molecule has 0 heterocycles. The van der Waals surface area contributed by atoms with E-state index < -0.39 is 12.3 Å². The van der Waals surface area contributed by atoms with Crippen LogP contribution in [0.15, 0.2) is 0 Å². The summed E-state index contributed by atoms with van der Waals surface area (Å²) in [5.41, 5.74) is 0. The summed E-state index contributed by atoms with van der Waals surface area (Å²) in [6.07, 6.45) is -3.67. The van der Waals surface area contributed by atoms with E-state index in [1.165, 1.54) is 0 Å². The van der Waals surface area contributed by atoms with Crippen molar-refractivity contribution in [1.82, 2.24) is 0 Å². The van der Waals surface area contributed by atoms with E-state index >= 15 is 0 Å². The van der Waals surface area contributed by atoms with Crippen LogP contribution in [0.1, 0.15) is 0 Å². The Kier molecular flexibility index (Phi) is 36.3. The van der Waals surface area contributed by atoms with Gasteiger partial charge < -0.3 is 20.4 Å². The van der Waals surface area contributed by atoms with Crippen molar-refractivity contribution in [1.29, 1.82) is 0 Å². The van der Waals surface area contributed by atoms with E-state index in [2.05, 4.69) is 0 Å². The van der Waals surface area contributed by atoms with Crippen LogP contribution in [0.25, 0.3) is 0 Å². The second-order valence-corrected chi connectivity index (χ2v) is 0.565. The Morgan fingerprint density at radius 3 is 0.800 bits per heavy atom. The molecule has 0 radical (unpaired) electrons. The van der Waals surface area contributed by atoms with E-state index in [9.17, 15) is 0 Å². The van der Waals surface area contributed by atoms with Crippen molar-refractivity contribution in [2.24, 2.45) is 0 Å². The van der Waals surface area contributed by atoms with E-state index in [4.69, 9.17) is 30.0 Å². The van der Waals surface area contributed by atoms with E-state index in [0.717, 1.165) is 0 Å². The van der Waals surface area contributed by atoms with E-state index in [1.807, 2.05) is 0 Å². The fourth-order valence-electron chi connectivity index (χ4n) is 0. The van der Waals surface area contributed by atoms with Crippen LogP contribution in [0, 0.1) is 0 Å². The van der Waals surface area contributed by atoms with Crippen molar-refractivity contribution in [3.63, 3.8) is 0 Å². The smallest absolute Gasteiger partial charge is 0.0149 e. The van der Waals surface area contributed by atoms with Crippen molar-refractivity contribution in [3.8, 4) is 0 Å². The van der Waals surface area contributed by atoms with Gasteiger partial charge in [-0.2, -0.15) is 0 Å². The number of hydrogen-bond donors (Lipinski definition) is 4. The zero-order valence-electron chi connectivity index (χ0n) is 3.61. The number of carboxylic acid groups (broad SMARTS) is 4. The second-order valence-electron chi connectivity index (χ2n) is 0.565. The third kappa shape index (κ3) is 2970. The molecule has 0 saturated heterocycles. The van der Waals surface area contributed by atoms with Gasteiger partial charge in [-0.1, -0.05) is 0 Å². The SMILES string of the molecule is O=C(O)O.O=C(O)O.[KH].[SiH4]. The van der Waals surface area contributed by atoms with Crippen LogP contribution in [0.5, 0.6) is 0 Å². The summed E-state index contributed by atoms with van der Waals surface area (Å²) in [5.74, 6) is 0. The maximum Gasteiger partial charge on any atom is -0.0149 e. The molecule has 0 unspecified atom stereocenters. The average molecular weight is 196 g/mol. The molecule has 0 saturated carbocycles. The monoisotopic (exact) mass is 196 g/mol. The summed E-state index contributed by atoms with van der Waals surface area (Å²) in [7, 11) is 0. The van der Waals surface area contributed by atoms with E-state index in [-0.39, 0.29) is 62.3 Å². The van der Waals surface area contributed by atoms with Gasteiger partial charge in [0.05, 0.1) is 0 Å². The topological polar surface area (TPSA) is 115 Å². The molecule has 0 aromatic heterocycles.